The van der Waals surface area contributed by atoms with Gasteiger partial charge in [0.1, 0.15) is 0 Å². The van der Waals surface area contributed by atoms with Gasteiger partial charge in [-0.25, -0.2) is 0 Å². The zero-order valence-corrected chi connectivity index (χ0v) is 12.0. The van der Waals surface area contributed by atoms with Crippen molar-refractivity contribution in [3.8, 4) is 0 Å². The van der Waals surface area contributed by atoms with Gasteiger partial charge in [0, 0.05) is 13.2 Å². The van der Waals surface area contributed by atoms with Crippen LogP contribution in [0.2, 0.25) is 0 Å². The predicted octanol–water partition coefficient (Wildman–Crippen LogP) is 3.88. The van der Waals surface area contributed by atoms with Crippen LogP contribution < -0.4 is 5.73 Å². The number of unbranched alkanes of at least 4 members (excludes halogenated alkanes) is 1. The Morgan fingerprint density at radius 3 is 2.41 bits per heavy atom. The summed E-state index contributed by atoms with van der Waals surface area (Å²) >= 11 is 0. The van der Waals surface area contributed by atoms with E-state index in [0.29, 0.717) is 6.04 Å². The molecule has 2 nitrogen and oxygen atoms in total. The van der Waals surface area contributed by atoms with E-state index in [1.54, 1.807) is 0 Å². The van der Waals surface area contributed by atoms with Crippen LogP contribution in [0, 0.1) is 5.92 Å². The molecule has 102 valence electrons. The van der Waals surface area contributed by atoms with Crippen molar-refractivity contribution in [2.75, 3.05) is 7.11 Å². The molecule has 0 aromatic rings. The first-order valence-electron chi connectivity index (χ1n) is 7.46. The summed E-state index contributed by atoms with van der Waals surface area (Å²) in [6.45, 7) is 4.56. The number of nitrogens with two attached hydrogens (primary N) is 1. The van der Waals surface area contributed by atoms with Crippen molar-refractivity contribution in [3.05, 3.63) is 0 Å². The number of ether oxygens (including phenoxy) is 1. The molecule has 2 unspecified atom stereocenters. The van der Waals surface area contributed by atoms with Crippen LogP contribution in [0.5, 0.6) is 0 Å². The summed E-state index contributed by atoms with van der Waals surface area (Å²) in [4.78, 5) is 0. The second-order valence-corrected chi connectivity index (χ2v) is 5.86. The van der Waals surface area contributed by atoms with Gasteiger partial charge in [-0.2, -0.15) is 0 Å². The molecule has 2 atom stereocenters. The maximum Gasteiger partial charge on any atom is 0.0693 e. The van der Waals surface area contributed by atoms with E-state index in [0.717, 1.165) is 12.3 Å². The Morgan fingerprint density at radius 1 is 1.29 bits per heavy atom. The van der Waals surface area contributed by atoms with E-state index in [9.17, 15) is 0 Å². The molecule has 0 radical (unpaired) electrons. The maximum absolute atomic E-state index is 6.31. The molecule has 2 N–H and O–H groups in total. The highest BCUT2D eigenvalue weighted by atomic mass is 16.5. The molecular weight excluding hydrogens is 210 g/mol. The molecular formula is C15H31NO. The summed E-state index contributed by atoms with van der Waals surface area (Å²) in [6, 6.07) is 0.331. The third kappa shape index (κ3) is 4.59. The average molecular weight is 241 g/mol. The smallest absolute Gasteiger partial charge is 0.0693 e. The van der Waals surface area contributed by atoms with Crippen LogP contribution in [0.25, 0.3) is 0 Å². The van der Waals surface area contributed by atoms with Crippen LogP contribution in [0.4, 0.5) is 0 Å². The number of methoxy groups -OCH3 is 1. The molecule has 0 aliphatic heterocycles. The second kappa shape index (κ2) is 7.38. The van der Waals surface area contributed by atoms with Crippen molar-refractivity contribution in [1.29, 1.82) is 0 Å². The molecule has 0 aromatic carbocycles. The zero-order chi connectivity index (χ0) is 12.7. The molecule has 0 amide bonds. The van der Waals surface area contributed by atoms with Crippen molar-refractivity contribution < 1.29 is 4.74 Å². The monoisotopic (exact) mass is 241 g/mol. The van der Waals surface area contributed by atoms with Gasteiger partial charge in [-0.3, -0.25) is 0 Å². The number of rotatable bonds is 9. The zero-order valence-electron chi connectivity index (χ0n) is 12.0. The first-order chi connectivity index (χ1) is 8.15. The van der Waals surface area contributed by atoms with Crippen LogP contribution in [0.1, 0.15) is 71.6 Å². The van der Waals surface area contributed by atoms with Gasteiger partial charge < -0.3 is 10.5 Å². The van der Waals surface area contributed by atoms with Gasteiger partial charge in [-0.05, 0) is 38.0 Å². The van der Waals surface area contributed by atoms with E-state index in [4.69, 9.17) is 10.5 Å². The third-order valence-corrected chi connectivity index (χ3v) is 4.51. The molecule has 1 aliphatic carbocycles. The Balaban J connectivity index is 2.28. The van der Waals surface area contributed by atoms with Crippen molar-refractivity contribution >= 4 is 0 Å². The third-order valence-electron chi connectivity index (χ3n) is 4.51. The molecule has 0 spiro atoms. The molecule has 0 heterocycles. The van der Waals surface area contributed by atoms with Gasteiger partial charge in [0.2, 0.25) is 0 Å². The van der Waals surface area contributed by atoms with Crippen LogP contribution in [-0.2, 0) is 4.74 Å². The van der Waals surface area contributed by atoms with Gasteiger partial charge in [0.05, 0.1) is 5.60 Å². The van der Waals surface area contributed by atoms with Crippen molar-refractivity contribution in [2.24, 2.45) is 11.7 Å². The fraction of sp³-hybridized carbons (Fsp3) is 1.00. The molecule has 1 rings (SSSR count). The summed E-state index contributed by atoms with van der Waals surface area (Å²) in [7, 11) is 1.85. The molecule has 2 heteroatoms. The molecule has 0 aromatic heterocycles. The molecule has 17 heavy (non-hydrogen) atoms. The van der Waals surface area contributed by atoms with Gasteiger partial charge >= 0.3 is 0 Å². The standard InChI is InChI=1S/C15H31NO/c1-4-6-8-13(5-2)11-14(16)12-15(17-3)9-7-10-15/h13-14H,4-12,16H2,1-3H3. The molecule has 0 bridgehead atoms. The van der Waals surface area contributed by atoms with Crippen LogP contribution >= 0.6 is 0 Å². The van der Waals surface area contributed by atoms with Gasteiger partial charge in [0.25, 0.3) is 0 Å². The highest BCUT2D eigenvalue weighted by Crippen LogP contribution is 2.39. The highest BCUT2D eigenvalue weighted by Gasteiger charge is 2.38. The number of hydrogen-bond donors (Lipinski definition) is 1. The Kier molecular flexibility index (Phi) is 6.50. The fourth-order valence-electron chi connectivity index (χ4n) is 3.03. The first-order valence-corrected chi connectivity index (χ1v) is 7.46. The quantitative estimate of drug-likeness (QED) is 0.665. The van der Waals surface area contributed by atoms with Crippen LogP contribution in [0.15, 0.2) is 0 Å². The Morgan fingerprint density at radius 2 is 2.00 bits per heavy atom. The lowest BCUT2D eigenvalue weighted by molar-refractivity contribution is -0.0824. The average Bonchev–Trinajstić information content (AvgIpc) is 2.29. The summed E-state index contributed by atoms with van der Waals surface area (Å²) in [5, 5.41) is 0. The first kappa shape index (κ1) is 15.0. The molecule has 1 fully saturated rings. The van der Waals surface area contributed by atoms with E-state index >= 15 is 0 Å². The minimum absolute atomic E-state index is 0.141. The second-order valence-electron chi connectivity index (χ2n) is 5.86. The fourth-order valence-corrected chi connectivity index (χ4v) is 3.03. The van der Waals surface area contributed by atoms with Gasteiger partial charge in [0.15, 0.2) is 0 Å². The summed E-state index contributed by atoms with van der Waals surface area (Å²) in [5.41, 5.74) is 6.45. The Hall–Kier alpha value is -0.0800. The topological polar surface area (TPSA) is 35.2 Å². The minimum Gasteiger partial charge on any atom is -0.378 e. The molecule has 1 aliphatic rings. The van der Waals surface area contributed by atoms with E-state index in [-0.39, 0.29) is 5.60 Å². The van der Waals surface area contributed by atoms with E-state index in [1.165, 1.54) is 51.4 Å². The highest BCUT2D eigenvalue weighted by molar-refractivity contribution is 4.92. The van der Waals surface area contributed by atoms with E-state index in [1.807, 2.05) is 7.11 Å². The van der Waals surface area contributed by atoms with Crippen molar-refractivity contribution in [1.82, 2.24) is 0 Å². The maximum atomic E-state index is 6.31. The minimum atomic E-state index is 0.141. The number of hydrogen-bond acceptors (Lipinski definition) is 2. The van der Waals surface area contributed by atoms with E-state index in [2.05, 4.69) is 13.8 Å². The van der Waals surface area contributed by atoms with Gasteiger partial charge in [-0.15, -0.1) is 0 Å². The van der Waals surface area contributed by atoms with Crippen LogP contribution in [0.3, 0.4) is 0 Å². The van der Waals surface area contributed by atoms with Crippen molar-refractivity contribution in [2.45, 2.75) is 83.3 Å². The lowest BCUT2D eigenvalue weighted by atomic mass is 9.74. The summed E-state index contributed by atoms with van der Waals surface area (Å²) in [5.74, 6) is 0.818. The molecule has 0 saturated heterocycles. The van der Waals surface area contributed by atoms with Crippen LogP contribution in [-0.4, -0.2) is 18.8 Å². The Bertz CT molecular complexity index is 196. The lowest BCUT2D eigenvalue weighted by Gasteiger charge is -2.42. The molecule has 1 saturated carbocycles. The summed E-state index contributed by atoms with van der Waals surface area (Å²) < 4.78 is 5.66. The Labute approximate surface area is 107 Å². The predicted molar refractivity (Wildman–Crippen MR) is 74.1 cm³/mol. The van der Waals surface area contributed by atoms with Gasteiger partial charge in [-0.1, -0.05) is 39.5 Å². The lowest BCUT2D eigenvalue weighted by Crippen LogP contribution is -2.44. The largest absolute Gasteiger partial charge is 0.378 e. The van der Waals surface area contributed by atoms with Crippen molar-refractivity contribution in [3.63, 3.8) is 0 Å². The van der Waals surface area contributed by atoms with E-state index < -0.39 is 0 Å². The summed E-state index contributed by atoms with van der Waals surface area (Å²) in [6.07, 6.45) is 11.2. The normalized spacial score (nSPS) is 21.9. The SMILES string of the molecule is CCCCC(CC)CC(N)CC1(OC)CCC1.